The van der Waals surface area contributed by atoms with Gasteiger partial charge < -0.3 is 15.2 Å². The van der Waals surface area contributed by atoms with Gasteiger partial charge in [0.2, 0.25) is 5.43 Å². The number of alkyl halides is 6. The molecule has 11 heteroatoms. The maximum Gasteiger partial charge on any atom is 0.417 e. The Kier molecular flexibility index (Phi) is 5.48. The molecule has 2 N–H and O–H groups in total. The number of carbonyl (C=O) groups excluding carboxylic acids is 1. The molecule has 2 atom stereocenters. The number of hydrogen-bond donors (Lipinski definition) is 2. The highest BCUT2D eigenvalue weighted by molar-refractivity contribution is 5.98. The van der Waals surface area contributed by atoms with Crippen molar-refractivity contribution in [1.29, 1.82) is 0 Å². The minimum Gasteiger partial charge on any atom is -0.366 e. The van der Waals surface area contributed by atoms with Crippen molar-refractivity contribution in [1.82, 2.24) is 15.2 Å². The molecular weight excluding hydrogens is 476 g/mol. The molecule has 1 aliphatic carbocycles. The third kappa shape index (κ3) is 4.10. The number of aromatic amines is 1. The van der Waals surface area contributed by atoms with Crippen LogP contribution in [-0.2, 0) is 6.18 Å². The molecule has 2 aromatic rings. The third-order valence-corrected chi connectivity index (χ3v) is 7.10. The topological polar surface area (TPSA) is 65.2 Å². The van der Waals surface area contributed by atoms with E-state index in [4.69, 9.17) is 0 Å². The SMILES string of the molecule is O=C(NC1C=CC(N2C3CCC2CC3)=CC1C(F)(F)F)c1c[nH]c2cccc(C(F)(F)F)c2c1=O. The van der Waals surface area contributed by atoms with Crippen LogP contribution in [0.15, 0.2) is 53.1 Å². The highest BCUT2D eigenvalue weighted by atomic mass is 19.4. The molecule has 1 amide bonds. The van der Waals surface area contributed by atoms with E-state index in [9.17, 15) is 35.9 Å². The summed E-state index contributed by atoms with van der Waals surface area (Å²) in [6.07, 6.45) is -1.05. The minimum atomic E-state index is -4.86. The molecule has 2 unspecified atom stereocenters. The van der Waals surface area contributed by atoms with Crippen molar-refractivity contribution in [2.45, 2.75) is 56.2 Å². The fraction of sp³-hybridized carbons (Fsp3) is 0.417. The van der Waals surface area contributed by atoms with Crippen molar-refractivity contribution in [3.8, 4) is 0 Å². The van der Waals surface area contributed by atoms with E-state index >= 15 is 0 Å². The van der Waals surface area contributed by atoms with Crippen LogP contribution in [0.5, 0.6) is 0 Å². The lowest BCUT2D eigenvalue weighted by molar-refractivity contribution is -0.165. The molecule has 3 aliphatic rings. The van der Waals surface area contributed by atoms with E-state index < -0.39 is 52.2 Å². The predicted octanol–water partition coefficient (Wildman–Crippen LogP) is 4.90. The average molecular weight is 497 g/mol. The largest absolute Gasteiger partial charge is 0.417 e. The van der Waals surface area contributed by atoms with Gasteiger partial charge in [0, 0.05) is 29.5 Å². The second-order valence-corrected chi connectivity index (χ2v) is 9.14. The smallest absolute Gasteiger partial charge is 0.366 e. The van der Waals surface area contributed by atoms with Gasteiger partial charge in [-0.3, -0.25) is 9.59 Å². The number of rotatable bonds is 3. The molecule has 2 fully saturated rings. The molecule has 3 heterocycles. The number of fused-ring (bicyclic) bond motifs is 3. The van der Waals surface area contributed by atoms with Gasteiger partial charge in [0.15, 0.2) is 0 Å². The second-order valence-electron chi connectivity index (χ2n) is 9.14. The molecule has 5 rings (SSSR count). The van der Waals surface area contributed by atoms with E-state index in [1.165, 1.54) is 18.2 Å². The molecule has 2 aliphatic heterocycles. The number of allylic oxidation sites excluding steroid dienone is 1. The number of pyridine rings is 1. The normalized spacial score (nSPS) is 26.3. The molecule has 5 nitrogen and oxygen atoms in total. The Morgan fingerprint density at radius 2 is 1.69 bits per heavy atom. The Labute approximate surface area is 195 Å². The number of halogens is 6. The first-order valence-electron chi connectivity index (χ1n) is 11.2. The van der Waals surface area contributed by atoms with Gasteiger partial charge in [-0.15, -0.1) is 0 Å². The number of amides is 1. The highest BCUT2D eigenvalue weighted by Crippen LogP contribution is 2.43. The summed E-state index contributed by atoms with van der Waals surface area (Å²) < 4.78 is 82.1. The molecular formula is C24H21F6N3O2. The van der Waals surface area contributed by atoms with Crippen LogP contribution in [0.4, 0.5) is 26.3 Å². The summed E-state index contributed by atoms with van der Waals surface area (Å²) in [5, 5.41) is 1.45. The summed E-state index contributed by atoms with van der Waals surface area (Å²) in [6.45, 7) is 0. The zero-order valence-electron chi connectivity index (χ0n) is 18.2. The average Bonchev–Trinajstić information content (AvgIpc) is 3.38. The molecule has 35 heavy (non-hydrogen) atoms. The fourth-order valence-electron chi connectivity index (χ4n) is 5.51. The zero-order valence-corrected chi connectivity index (χ0v) is 18.2. The molecule has 186 valence electrons. The highest BCUT2D eigenvalue weighted by Gasteiger charge is 2.47. The number of benzene rings is 1. The number of aromatic nitrogens is 1. The van der Waals surface area contributed by atoms with Gasteiger partial charge in [-0.1, -0.05) is 12.1 Å². The first-order valence-corrected chi connectivity index (χ1v) is 11.2. The van der Waals surface area contributed by atoms with Crippen LogP contribution < -0.4 is 10.7 Å². The van der Waals surface area contributed by atoms with E-state index in [0.29, 0.717) is 11.8 Å². The Bertz CT molecular complexity index is 1270. The molecule has 0 radical (unpaired) electrons. The van der Waals surface area contributed by atoms with Crippen LogP contribution in [0.2, 0.25) is 0 Å². The Balaban J connectivity index is 1.45. The van der Waals surface area contributed by atoms with Crippen LogP contribution in [0.3, 0.4) is 0 Å². The Morgan fingerprint density at radius 1 is 1.03 bits per heavy atom. The maximum atomic E-state index is 13.9. The van der Waals surface area contributed by atoms with Gasteiger partial charge in [0.05, 0.1) is 22.9 Å². The number of carbonyl (C=O) groups is 1. The number of H-pyrrole nitrogens is 1. The molecule has 1 aromatic carbocycles. The first kappa shape index (κ1) is 23.5. The lowest BCUT2D eigenvalue weighted by Crippen LogP contribution is -2.47. The fourth-order valence-corrected chi connectivity index (χ4v) is 5.51. The standard InChI is InChI=1S/C24H21F6N3O2/c25-23(26,27)16-2-1-3-19-20(16)21(34)15(11-31-19)22(35)32-18-9-8-14(10-17(18)24(28,29)30)33-12-4-5-13(33)7-6-12/h1-3,8-13,17-18H,4-7H2,(H,31,34)(H,32,35). The van der Waals surface area contributed by atoms with Crippen molar-refractivity contribution in [2.75, 3.05) is 0 Å². The van der Waals surface area contributed by atoms with Crippen LogP contribution in [-0.4, -0.2) is 40.1 Å². The van der Waals surface area contributed by atoms with Crippen molar-refractivity contribution in [3.63, 3.8) is 0 Å². The monoisotopic (exact) mass is 497 g/mol. The molecule has 2 bridgehead atoms. The van der Waals surface area contributed by atoms with Crippen LogP contribution in [0.25, 0.3) is 10.9 Å². The number of nitrogens with one attached hydrogen (secondary N) is 2. The van der Waals surface area contributed by atoms with Gasteiger partial charge >= 0.3 is 12.4 Å². The zero-order chi connectivity index (χ0) is 25.1. The van der Waals surface area contributed by atoms with Crippen molar-refractivity contribution < 1.29 is 31.1 Å². The summed E-state index contributed by atoms with van der Waals surface area (Å²) in [5.74, 6) is -3.23. The summed E-state index contributed by atoms with van der Waals surface area (Å²) in [6, 6.07) is 1.96. The van der Waals surface area contributed by atoms with E-state index in [0.717, 1.165) is 44.0 Å². The van der Waals surface area contributed by atoms with Crippen molar-refractivity contribution >= 4 is 16.8 Å². The molecule has 2 saturated heterocycles. The lowest BCUT2D eigenvalue weighted by Gasteiger charge is -2.33. The number of hydrogen-bond acceptors (Lipinski definition) is 3. The van der Waals surface area contributed by atoms with Crippen molar-refractivity contribution in [2.24, 2.45) is 5.92 Å². The first-order chi connectivity index (χ1) is 16.4. The van der Waals surface area contributed by atoms with Gasteiger partial charge in [0.25, 0.3) is 5.91 Å². The summed E-state index contributed by atoms with van der Waals surface area (Å²) >= 11 is 0. The van der Waals surface area contributed by atoms with E-state index in [-0.39, 0.29) is 17.6 Å². The summed E-state index contributed by atoms with van der Waals surface area (Å²) in [5.41, 5.74) is -2.82. The predicted molar refractivity (Wildman–Crippen MR) is 115 cm³/mol. The molecule has 0 saturated carbocycles. The van der Waals surface area contributed by atoms with Crippen LogP contribution in [0.1, 0.15) is 41.6 Å². The summed E-state index contributed by atoms with van der Waals surface area (Å²) in [4.78, 5) is 30.1. The third-order valence-electron chi connectivity index (χ3n) is 7.10. The van der Waals surface area contributed by atoms with E-state index in [2.05, 4.69) is 10.3 Å². The van der Waals surface area contributed by atoms with Crippen LogP contribution >= 0.6 is 0 Å². The number of nitrogens with zero attached hydrogens (tertiary/aromatic N) is 1. The lowest BCUT2D eigenvalue weighted by atomic mass is 9.92. The second kappa shape index (κ2) is 8.17. The van der Waals surface area contributed by atoms with Gasteiger partial charge in [-0.05, 0) is 50.0 Å². The van der Waals surface area contributed by atoms with E-state index in [1.54, 1.807) is 0 Å². The minimum absolute atomic E-state index is 0.139. The summed E-state index contributed by atoms with van der Waals surface area (Å²) in [7, 11) is 0. The quantitative estimate of drug-likeness (QED) is 0.593. The van der Waals surface area contributed by atoms with Crippen LogP contribution in [0, 0.1) is 5.92 Å². The van der Waals surface area contributed by atoms with Gasteiger partial charge in [0.1, 0.15) is 5.56 Å². The van der Waals surface area contributed by atoms with E-state index in [1.807, 2.05) is 4.90 Å². The Hall–Kier alpha value is -3.24. The van der Waals surface area contributed by atoms with Crippen molar-refractivity contribution in [3.05, 3.63) is 69.7 Å². The van der Waals surface area contributed by atoms with Gasteiger partial charge in [-0.25, -0.2) is 0 Å². The molecule has 0 spiro atoms. The van der Waals surface area contributed by atoms with Gasteiger partial charge in [-0.2, -0.15) is 26.3 Å². The maximum absolute atomic E-state index is 13.9. The Morgan fingerprint density at radius 3 is 2.29 bits per heavy atom. The molecule has 1 aromatic heterocycles.